The van der Waals surface area contributed by atoms with Crippen LogP contribution in [0.2, 0.25) is 0 Å². The molecule has 0 radical (unpaired) electrons. The minimum atomic E-state index is 0.452. The van der Waals surface area contributed by atoms with Crippen LogP contribution in [-0.2, 0) is 0 Å². The van der Waals surface area contributed by atoms with E-state index in [1.807, 2.05) is 0 Å². The zero-order valence-corrected chi connectivity index (χ0v) is 10.2. The van der Waals surface area contributed by atoms with Gasteiger partial charge in [-0.2, -0.15) is 0 Å². The lowest BCUT2D eigenvalue weighted by Crippen LogP contribution is -2.43. The topological polar surface area (TPSA) is 15.3 Å². The summed E-state index contributed by atoms with van der Waals surface area (Å²) in [5.41, 5.74) is 0. The Bertz CT molecular complexity index is 172. The van der Waals surface area contributed by atoms with Crippen LogP contribution in [0.5, 0.6) is 0 Å². The molecule has 82 valence electrons. The van der Waals surface area contributed by atoms with Gasteiger partial charge in [-0.25, -0.2) is 0 Å². The minimum Gasteiger partial charge on any atom is -0.360 e. The van der Waals surface area contributed by atoms with Gasteiger partial charge in [0.2, 0.25) is 0 Å². The lowest BCUT2D eigenvalue weighted by Gasteiger charge is -2.28. The highest BCUT2D eigenvalue weighted by Gasteiger charge is 2.11. The van der Waals surface area contributed by atoms with Crippen molar-refractivity contribution in [2.24, 2.45) is 0 Å². The van der Waals surface area contributed by atoms with Crippen LogP contribution in [0.1, 0.15) is 46.0 Å². The first-order valence-electron chi connectivity index (χ1n) is 5.75. The maximum atomic E-state index is 5.37. The monoisotopic (exact) mass is 214 g/mol. The van der Waals surface area contributed by atoms with E-state index >= 15 is 0 Å². The first kappa shape index (κ1) is 11.8. The van der Waals surface area contributed by atoms with E-state index in [1.54, 1.807) is 0 Å². The van der Waals surface area contributed by atoms with E-state index in [-0.39, 0.29) is 0 Å². The van der Waals surface area contributed by atoms with Gasteiger partial charge < -0.3 is 10.2 Å². The summed E-state index contributed by atoms with van der Waals surface area (Å²) in [6, 6.07) is 0.452. The van der Waals surface area contributed by atoms with E-state index in [9.17, 15) is 0 Å². The van der Waals surface area contributed by atoms with E-state index in [1.165, 1.54) is 32.1 Å². The van der Waals surface area contributed by atoms with Crippen molar-refractivity contribution < 1.29 is 0 Å². The van der Waals surface area contributed by atoms with E-state index in [4.69, 9.17) is 12.2 Å². The Morgan fingerprint density at radius 1 is 1.07 bits per heavy atom. The Hall–Kier alpha value is -0.310. The van der Waals surface area contributed by atoms with Crippen LogP contribution < -0.4 is 5.32 Å². The van der Waals surface area contributed by atoms with Crippen molar-refractivity contribution in [1.82, 2.24) is 10.2 Å². The maximum Gasteiger partial charge on any atom is 0.169 e. The summed E-state index contributed by atoms with van der Waals surface area (Å²) < 4.78 is 0. The molecule has 0 amide bonds. The molecule has 0 saturated carbocycles. The van der Waals surface area contributed by atoms with Gasteiger partial charge in [0.15, 0.2) is 5.11 Å². The number of hydrogen-bond donors (Lipinski definition) is 1. The summed E-state index contributed by atoms with van der Waals surface area (Å²) in [6.07, 6.45) is 6.71. The van der Waals surface area contributed by atoms with Crippen LogP contribution in [0.25, 0.3) is 0 Å². The molecule has 3 heteroatoms. The Morgan fingerprint density at radius 3 is 2.07 bits per heavy atom. The Labute approximate surface area is 93.1 Å². The number of nitrogens with one attached hydrogen (secondary N) is 1. The van der Waals surface area contributed by atoms with Crippen LogP contribution >= 0.6 is 12.2 Å². The molecule has 0 aromatic carbocycles. The SMILES string of the molecule is CC(C)NC(=S)N1CCCCCCC1. The highest BCUT2D eigenvalue weighted by atomic mass is 32.1. The molecule has 0 aliphatic carbocycles. The van der Waals surface area contributed by atoms with E-state index in [0.717, 1.165) is 18.2 Å². The summed E-state index contributed by atoms with van der Waals surface area (Å²) >= 11 is 5.37. The second-order valence-corrected chi connectivity index (χ2v) is 4.75. The quantitative estimate of drug-likeness (QED) is 0.675. The molecular formula is C11H22N2S. The van der Waals surface area contributed by atoms with Crippen LogP contribution in [0.3, 0.4) is 0 Å². The normalized spacial score (nSPS) is 18.9. The molecule has 0 aromatic heterocycles. The molecule has 2 nitrogen and oxygen atoms in total. The van der Waals surface area contributed by atoms with Gasteiger partial charge in [-0.15, -0.1) is 0 Å². The Morgan fingerprint density at radius 2 is 1.57 bits per heavy atom. The summed E-state index contributed by atoms with van der Waals surface area (Å²) in [6.45, 7) is 6.55. The molecule has 1 rings (SSSR count). The smallest absolute Gasteiger partial charge is 0.169 e. The number of rotatable bonds is 1. The van der Waals surface area contributed by atoms with Crippen molar-refractivity contribution in [2.45, 2.75) is 52.0 Å². The summed E-state index contributed by atoms with van der Waals surface area (Å²) in [7, 11) is 0. The second-order valence-electron chi connectivity index (χ2n) is 4.36. The molecule has 0 bridgehead atoms. The molecule has 1 N–H and O–H groups in total. The molecule has 0 unspecified atom stereocenters. The summed E-state index contributed by atoms with van der Waals surface area (Å²) in [5.74, 6) is 0. The predicted octanol–water partition coefficient (Wildman–Crippen LogP) is 2.54. The van der Waals surface area contributed by atoms with Crippen LogP contribution in [-0.4, -0.2) is 29.1 Å². The van der Waals surface area contributed by atoms with Gasteiger partial charge in [0, 0.05) is 19.1 Å². The highest BCUT2D eigenvalue weighted by Crippen LogP contribution is 2.10. The van der Waals surface area contributed by atoms with Crippen molar-refractivity contribution in [3.8, 4) is 0 Å². The molecule has 14 heavy (non-hydrogen) atoms. The number of hydrogen-bond acceptors (Lipinski definition) is 1. The first-order chi connectivity index (χ1) is 6.70. The number of likely N-dealkylation sites (tertiary alicyclic amines) is 1. The molecule has 1 heterocycles. The van der Waals surface area contributed by atoms with Crippen molar-refractivity contribution in [2.75, 3.05) is 13.1 Å². The lowest BCUT2D eigenvalue weighted by atomic mass is 10.1. The molecule has 1 fully saturated rings. The molecule has 1 aliphatic rings. The predicted molar refractivity (Wildman–Crippen MR) is 65.5 cm³/mol. The average molecular weight is 214 g/mol. The van der Waals surface area contributed by atoms with E-state index < -0.39 is 0 Å². The third-order valence-electron chi connectivity index (χ3n) is 2.56. The van der Waals surface area contributed by atoms with E-state index in [0.29, 0.717) is 6.04 Å². The van der Waals surface area contributed by atoms with E-state index in [2.05, 4.69) is 24.1 Å². The molecule has 0 atom stereocenters. The van der Waals surface area contributed by atoms with Crippen molar-refractivity contribution >= 4 is 17.3 Å². The van der Waals surface area contributed by atoms with Crippen molar-refractivity contribution in [1.29, 1.82) is 0 Å². The third-order valence-corrected chi connectivity index (χ3v) is 2.93. The van der Waals surface area contributed by atoms with Crippen LogP contribution in [0, 0.1) is 0 Å². The fourth-order valence-corrected chi connectivity index (χ4v) is 2.21. The standard InChI is InChI=1S/C11H22N2S/c1-10(2)12-11(14)13-8-6-4-3-5-7-9-13/h10H,3-9H2,1-2H3,(H,12,14). The zero-order valence-electron chi connectivity index (χ0n) is 9.38. The van der Waals surface area contributed by atoms with Crippen LogP contribution in [0.15, 0.2) is 0 Å². The molecule has 0 spiro atoms. The van der Waals surface area contributed by atoms with Gasteiger partial charge in [-0.1, -0.05) is 19.3 Å². The summed E-state index contributed by atoms with van der Waals surface area (Å²) in [5, 5.41) is 4.26. The first-order valence-corrected chi connectivity index (χ1v) is 6.16. The molecule has 1 saturated heterocycles. The summed E-state index contributed by atoms with van der Waals surface area (Å²) in [4.78, 5) is 2.33. The zero-order chi connectivity index (χ0) is 10.4. The van der Waals surface area contributed by atoms with Gasteiger partial charge in [0.25, 0.3) is 0 Å². The Kier molecular flexibility index (Phi) is 5.23. The second kappa shape index (κ2) is 6.23. The molecule has 0 aromatic rings. The largest absolute Gasteiger partial charge is 0.360 e. The lowest BCUT2D eigenvalue weighted by molar-refractivity contribution is 0.355. The number of thiocarbonyl (C=S) groups is 1. The van der Waals surface area contributed by atoms with Crippen molar-refractivity contribution in [3.05, 3.63) is 0 Å². The Balaban J connectivity index is 2.35. The van der Waals surface area contributed by atoms with Gasteiger partial charge in [0.05, 0.1) is 0 Å². The van der Waals surface area contributed by atoms with Gasteiger partial charge in [0.1, 0.15) is 0 Å². The fourth-order valence-electron chi connectivity index (χ4n) is 1.79. The van der Waals surface area contributed by atoms with Gasteiger partial charge in [-0.05, 0) is 38.9 Å². The fraction of sp³-hybridized carbons (Fsp3) is 0.909. The molecular weight excluding hydrogens is 192 g/mol. The highest BCUT2D eigenvalue weighted by molar-refractivity contribution is 7.80. The van der Waals surface area contributed by atoms with Gasteiger partial charge >= 0.3 is 0 Å². The number of nitrogens with zero attached hydrogens (tertiary/aromatic N) is 1. The average Bonchev–Trinajstić information content (AvgIpc) is 2.00. The minimum absolute atomic E-state index is 0.452. The maximum absolute atomic E-state index is 5.37. The molecule has 1 aliphatic heterocycles. The van der Waals surface area contributed by atoms with Crippen molar-refractivity contribution in [3.63, 3.8) is 0 Å². The van der Waals surface area contributed by atoms with Crippen LogP contribution in [0.4, 0.5) is 0 Å². The third kappa shape index (κ3) is 4.27. The van der Waals surface area contributed by atoms with Gasteiger partial charge in [-0.3, -0.25) is 0 Å².